The number of thiophene rings is 1. The van der Waals surface area contributed by atoms with E-state index in [9.17, 15) is 13.2 Å². The second-order valence-electron chi connectivity index (χ2n) is 5.39. The van der Waals surface area contributed by atoms with Crippen LogP contribution in [0.5, 0.6) is 0 Å². The van der Waals surface area contributed by atoms with Gasteiger partial charge in [-0.2, -0.15) is 13.2 Å². The van der Waals surface area contributed by atoms with Crippen molar-refractivity contribution in [2.45, 2.75) is 19.1 Å². The quantitative estimate of drug-likeness (QED) is 0.690. The maximum absolute atomic E-state index is 12.9. The van der Waals surface area contributed by atoms with Crippen molar-refractivity contribution in [3.8, 4) is 0 Å². The van der Waals surface area contributed by atoms with E-state index in [1.807, 2.05) is 29.3 Å². The normalized spacial score (nSPS) is 12.7. The summed E-state index contributed by atoms with van der Waals surface area (Å²) in [5, 5.41) is 5.25. The number of hydrogen-bond acceptors (Lipinski definition) is 3. The van der Waals surface area contributed by atoms with Crippen molar-refractivity contribution in [3.05, 3.63) is 52.2 Å². The van der Waals surface area contributed by atoms with Gasteiger partial charge in [-0.3, -0.25) is 0 Å². The van der Waals surface area contributed by atoms with Crippen LogP contribution in [0.15, 0.2) is 41.8 Å². The molecule has 0 unspecified atom stereocenters. The van der Waals surface area contributed by atoms with E-state index < -0.39 is 11.7 Å². The number of anilines is 1. The molecule has 8 heteroatoms. The number of alkyl halides is 3. The lowest BCUT2D eigenvalue weighted by Crippen LogP contribution is -2.38. The van der Waals surface area contributed by atoms with Crippen LogP contribution in [-0.4, -0.2) is 30.3 Å². The van der Waals surface area contributed by atoms with Crippen LogP contribution in [0.25, 0.3) is 0 Å². The minimum atomic E-state index is -4.39. The average molecular weight is 388 g/mol. The van der Waals surface area contributed by atoms with Crippen LogP contribution in [0, 0.1) is 0 Å². The molecule has 136 valence electrons. The van der Waals surface area contributed by atoms with Crippen LogP contribution in [0.1, 0.15) is 23.4 Å². The molecule has 0 fully saturated rings. The Kier molecular flexibility index (Phi) is 6.80. The minimum absolute atomic E-state index is 0.0130. The lowest BCUT2D eigenvalue weighted by atomic mass is 10.2. The molecular weight excluding hydrogens is 369 g/mol. The van der Waals surface area contributed by atoms with Crippen LogP contribution in [0.3, 0.4) is 0 Å². The topological polar surface area (TPSA) is 24.5 Å². The molecule has 0 radical (unpaired) electrons. The summed E-state index contributed by atoms with van der Waals surface area (Å²) >= 11 is 7.04. The summed E-state index contributed by atoms with van der Waals surface area (Å²) in [6.45, 7) is 2.99. The van der Waals surface area contributed by atoms with E-state index in [-0.39, 0.29) is 6.04 Å². The van der Waals surface area contributed by atoms with Crippen molar-refractivity contribution in [2.75, 3.05) is 25.6 Å². The molecule has 25 heavy (non-hydrogen) atoms. The summed E-state index contributed by atoms with van der Waals surface area (Å²) in [4.78, 5) is 3.02. The molecule has 1 aromatic heterocycles. The second kappa shape index (κ2) is 8.64. The van der Waals surface area contributed by atoms with Gasteiger partial charge in [0.1, 0.15) is 0 Å². The molecule has 1 heterocycles. The van der Waals surface area contributed by atoms with Gasteiger partial charge in [0.2, 0.25) is 0 Å². The third kappa shape index (κ3) is 5.42. The van der Waals surface area contributed by atoms with Gasteiger partial charge in [0.05, 0.1) is 18.2 Å². The highest BCUT2D eigenvalue weighted by atomic mass is 32.1. The number of methoxy groups -OCH3 is 1. The second-order valence-corrected chi connectivity index (χ2v) is 6.75. The number of rotatable bonds is 6. The van der Waals surface area contributed by atoms with Crippen LogP contribution >= 0.6 is 23.6 Å². The third-order valence-electron chi connectivity index (χ3n) is 3.66. The summed E-state index contributed by atoms with van der Waals surface area (Å²) in [7, 11) is 1.59. The minimum Gasteiger partial charge on any atom is -0.383 e. The van der Waals surface area contributed by atoms with Gasteiger partial charge in [0, 0.05) is 24.2 Å². The van der Waals surface area contributed by atoms with E-state index >= 15 is 0 Å². The van der Waals surface area contributed by atoms with Crippen LogP contribution in [0.2, 0.25) is 0 Å². The Morgan fingerprint density at radius 1 is 1.32 bits per heavy atom. The van der Waals surface area contributed by atoms with Crippen LogP contribution < -0.4 is 5.32 Å². The summed E-state index contributed by atoms with van der Waals surface area (Å²) in [6.07, 6.45) is -4.39. The highest BCUT2D eigenvalue weighted by molar-refractivity contribution is 7.80. The molecule has 1 N–H and O–H groups in total. The number of nitrogens with zero attached hydrogens (tertiary/aromatic N) is 1. The molecule has 0 bridgehead atoms. The smallest absolute Gasteiger partial charge is 0.383 e. The first-order valence-electron chi connectivity index (χ1n) is 7.60. The molecule has 1 atom stereocenters. The van der Waals surface area contributed by atoms with E-state index in [1.54, 1.807) is 24.5 Å². The molecule has 0 saturated heterocycles. The van der Waals surface area contributed by atoms with Gasteiger partial charge < -0.3 is 15.0 Å². The van der Waals surface area contributed by atoms with Gasteiger partial charge in [-0.15, -0.1) is 11.3 Å². The number of nitrogens with one attached hydrogen (secondary N) is 1. The predicted molar refractivity (Wildman–Crippen MR) is 99.0 cm³/mol. The fraction of sp³-hybridized carbons (Fsp3) is 0.353. The lowest BCUT2D eigenvalue weighted by Gasteiger charge is -2.31. The van der Waals surface area contributed by atoms with Gasteiger partial charge >= 0.3 is 6.18 Å². The molecule has 2 rings (SSSR count). The van der Waals surface area contributed by atoms with Crippen molar-refractivity contribution in [1.29, 1.82) is 0 Å². The summed E-state index contributed by atoms with van der Waals surface area (Å²) in [5.41, 5.74) is -0.407. The third-order valence-corrected chi connectivity index (χ3v) is 5.04. The molecule has 0 aliphatic rings. The van der Waals surface area contributed by atoms with Crippen molar-refractivity contribution < 1.29 is 17.9 Å². The maximum atomic E-state index is 12.9. The highest BCUT2D eigenvalue weighted by Crippen LogP contribution is 2.31. The molecule has 3 nitrogen and oxygen atoms in total. The Hall–Kier alpha value is -1.64. The Morgan fingerprint density at radius 2 is 2.08 bits per heavy atom. The summed E-state index contributed by atoms with van der Waals surface area (Å²) in [5.74, 6) is 0. The Labute approximate surface area is 154 Å². The summed E-state index contributed by atoms with van der Waals surface area (Å²) in [6, 6.07) is 8.95. The highest BCUT2D eigenvalue weighted by Gasteiger charge is 2.30. The number of thiocarbonyl (C=S) groups is 1. The predicted octanol–water partition coefficient (Wildman–Crippen LogP) is 5.17. The molecule has 1 aromatic carbocycles. The van der Waals surface area contributed by atoms with Gasteiger partial charge in [-0.05, 0) is 48.8 Å². The number of benzene rings is 1. The monoisotopic (exact) mass is 388 g/mol. The van der Waals surface area contributed by atoms with Crippen molar-refractivity contribution in [2.24, 2.45) is 0 Å². The maximum Gasteiger partial charge on any atom is 0.416 e. The number of hydrogen-bond donors (Lipinski definition) is 1. The zero-order chi connectivity index (χ0) is 18.4. The Balaban J connectivity index is 2.16. The van der Waals surface area contributed by atoms with Crippen molar-refractivity contribution in [3.63, 3.8) is 0 Å². The molecular formula is C17H19F3N2OS2. The van der Waals surface area contributed by atoms with Gasteiger partial charge in [-0.1, -0.05) is 12.1 Å². The fourth-order valence-electron chi connectivity index (χ4n) is 2.31. The van der Waals surface area contributed by atoms with Crippen LogP contribution in [-0.2, 0) is 10.9 Å². The van der Waals surface area contributed by atoms with Crippen LogP contribution in [0.4, 0.5) is 18.9 Å². The van der Waals surface area contributed by atoms with E-state index in [4.69, 9.17) is 17.0 Å². The van der Waals surface area contributed by atoms with E-state index in [2.05, 4.69) is 5.32 Å². The van der Waals surface area contributed by atoms with Crippen molar-refractivity contribution in [1.82, 2.24) is 4.90 Å². The van der Waals surface area contributed by atoms with E-state index in [0.29, 0.717) is 24.0 Å². The van der Waals surface area contributed by atoms with E-state index in [0.717, 1.165) is 17.0 Å². The molecule has 2 aromatic rings. The van der Waals surface area contributed by atoms with Gasteiger partial charge in [0.25, 0.3) is 0 Å². The zero-order valence-corrected chi connectivity index (χ0v) is 15.5. The molecule has 0 saturated carbocycles. The molecule has 0 aliphatic carbocycles. The summed E-state index contributed by atoms with van der Waals surface area (Å²) < 4.78 is 43.7. The molecule has 0 amide bonds. The zero-order valence-electron chi connectivity index (χ0n) is 13.8. The molecule has 0 aliphatic heterocycles. The first kappa shape index (κ1) is 19.7. The average Bonchev–Trinajstić information content (AvgIpc) is 3.09. The molecule has 0 spiro atoms. The van der Waals surface area contributed by atoms with E-state index in [1.165, 1.54) is 6.07 Å². The Bertz CT molecular complexity index is 689. The number of halogens is 3. The first-order valence-corrected chi connectivity index (χ1v) is 8.89. The number of ether oxygens (including phenoxy) is 1. The standard InChI is InChI=1S/C17H19F3N2OS2/c1-12(15-7-4-10-25-15)22(8-9-23-2)16(24)21-14-6-3-5-13(11-14)17(18,19)20/h3-7,10-12H,8-9H2,1-2H3,(H,21,24)/t12-/m0/s1. The fourth-order valence-corrected chi connectivity index (χ4v) is 3.47. The first-order chi connectivity index (χ1) is 11.8. The van der Waals surface area contributed by atoms with Crippen molar-refractivity contribution >= 4 is 34.4 Å². The van der Waals surface area contributed by atoms with Gasteiger partial charge in [-0.25, -0.2) is 0 Å². The Morgan fingerprint density at radius 3 is 2.68 bits per heavy atom. The lowest BCUT2D eigenvalue weighted by molar-refractivity contribution is -0.137. The SMILES string of the molecule is COCCN(C(=S)Nc1cccc(C(F)(F)F)c1)[C@@H](C)c1cccs1. The largest absolute Gasteiger partial charge is 0.416 e. The van der Waals surface area contributed by atoms with Gasteiger partial charge in [0.15, 0.2) is 5.11 Å².